The van der Waals surface area contributed by atoms with Gasteiger partial charge in [0.15, 0.2) is 0 Å². The molecule has 0 unspecified atom stereocenters. The number of rotatable bonds is 5. The van der Waals surface area contributed by atoms with Crippen molar-refractivity contribution in [2.75, 3.05) is 11.9 Å². The van der Waals surface area contributed by atoms with Crippen LogP contribution in [0, 0.1) is 6.92 Å². The largest absolute Gasteiger partial charge is 0.385 e. The highest BCUT2D eigenvalue weighted by Gasteiger charge is 2.01. The van der Waals surface area contributed by atoms with Crippen LogP contribution in [0.4, 0.5) is 5.69 Å². The topological polar surface area (TPSA) is 42.7 Å². The third kappa shape index (κ3) is 3.06. The van der Waals surface area contributed by atoms with Gasteiger partial charge in [-0.1, -0.05) is 6.92 Å². The lowest BCUT2D eigenvalue weighted by Gasteiger charge is -2.08. The number of hydrogen-bond donors (Lipinski definition) is 1. The third-order valence-corrected chi connectivity index (χ3v) is 2.65. The van der Waals surface area contributed by atoms with Crippen molar-refractivity contribution in [2.45, 2.75) is 26.8 Å². The minimum absolute atomic E-state index is 0.771. The lowest BCUT2D eigenvalue weighted by Crippen LogP contribution is -2.05. The van der Waals surface area contributed by atoms with E-state index in [9.17, 15) is 0 Å². The molecule has 0 saturated carbocycles. The Kier molecular flexibility index (Phi) is 3.75. The summed E-state index contributed by atoms with van der Waals surface area (Å²) < 4.78 is 2.09. The van der Waals surface area contributed by atoms with E-state index in [1.165, 1.54) is 0 Å². The van der Waals surface area contributed by atoms with E-state index in [1.54, 1.807) is 0 Å². The molecule has 4 heteroatoms. The predicted octanol–water partition coefficient (Wildman–Crippen LogP) is 2.46. The Morgan fingerprint density at radius 2 is 2.18 bits per heavy atom. The molecule has 0 radical (unpaired) electrons. The summed E-state index contributed by atoms with van der Waals surface area (Å²) in [7, 11) is 0. The standard InChI is InChI=1S/C13H18N4/c1-3-5-15-12-4-6-16-13(9-12)10-17-8-7-14-11(17)2/h4,6-9H,3,5,10H2,1-2H3,(H,15,16). The number of hydrogen-bond acceptors (Lipinski definition) is 3. The first-order valence-electron chi connectivity index (χ1n) is 5.96. The molecule has 0 aliphatic rings. The normalized spacial score (nSPS) is 10.5. The highest BCUT2D eigenvalue weighted by Crippen LogP contribution is 2.10. The molecular formula is C13H18N4. The first kappa shape index (κ1) is 11.6. The van der Waals surface area contributed by atoms with Crippen molar-refractivity contribution in [3.63, 3.8) is 0 Å². The van der Waals surface area contributed by atoms with Crippen LogP contribution < -0.4 is 5.32 Å². The van der Waals surface area contributed by atoms with Crippen molar-refractivity contribution in [1.29, 1.82) is 0 Å². The summed E-state index contributed by atoms with van der Waals surface area (Å²) in [4.78, 5) is 8.58. The van der Waals surface area contributed by atoms with Crippen molar-refractivity contribution < 1.29 is 0 Å². The Morgan fingerprint density at radius 1 is 1.29 bits per heavy atom. The summed E-state index contributed by atoms with van der Waals surface area (Å²) in [5.41, 5.74) is 2.18. The van der Waals surface area contributed by atoms with Gasteiger partial charge < -0.3 is 9.88 Å². The maximum absolute atomic E-state index is 4.37. The maximum Gasteiger partial charge on any atom is 0.105 e. The number of nitrogens with zero attached hydrogens (tertiary/aromatic N) is 3. The molecule has 2 aromatic rings. The van der Waals surface area contributed by atoms with Crippen molar-refractivity contribution in [1.82, 2.24) is 14.5 Å². The number of aryl methyl sites for hydroxylation is 1. The van der Waals surface area contributed by atoms with Crippen molar-refractivity contribution in [3.8, 4) is 0 Å². The quantitative estimate of drug-likeness (QED) is 0.858. The van der Waals surface area contributed by atoms with Crippen molar-refractivity contribution in [2.24, 2.45) is 0 Å². The third-order valence-electron chi connectivity index (χ3n) is 2.65. The molecule has 17 heavy (non-hydrogen) atoms. The molecule has 90 valence electrons. The number of pyridine rings is 1. The van der Waals surface area contributed by atoms with Gasteiger partial charge >= 0.3 is 0 Å². The highest BCUT2D eigenvalue weighted by molar-refractivity contribution is 5.43. The van der Waals surface area contributed by atoms with E-state index in [0.29, 0.717) is 0 Å². The van der Waals surface area contributed by atoms with Crippen LogP contribution in [0.3, 0.4) is 0 Å². The van der Waals surface area contributed by atoms with Gasteiger partial charge in [-0.25, -0.2) is 4.98 Å². The molecule has 2 aromatic heterocycles. The van der Waals surface area contributed by atoms with E-state index in [-0.39, 0.29) is 0 Å². The Balaban J connectivity index is 2.08. The van der Waals surface area contributed by atoms with E-state index in [0.717, 1.165) is 36.7 Å². The minimum atomic E-state index is 0.771. The zero-order valence-electron chi connectivity index (χ0n) is 10.3. The van der Waals surface area contributed by atoms with Gasteiger partial charge in [-0.05, 0) is 25.5 Å². The molecule has 0 saturated heterocycles. The zero-order chi connectivity index (χ0) is 12.1. The molecule has 0 atom stereocenters. The summed E-state index contributed by atoms with van der Waals surface area (Å²) in [5, 5.41) is 3.36. The van der Waals surface area contributed by atoms with Gasteiger partial charge in [-0.2, -0.15) is 0 Å². The molecule has 0 fully saturated rings. The number of nitrogens with one attached hydrogen (secondary N) is 1. The van der Waals surface area contributed by atoms with Gasteiger partial charge in [-0.3, -0.25) is 4.98 Å². The molecule has 0 amide bonds. The smallest absolute Gasteiger partial charge is 0.105 e. The average Bonchev–Trinajstić information content (AvgIpc) is 2.73. The SMILES string of the molecule is CCCNc1ccnc(Cn2ccnc2C)c1. The average molecular weight is 230 g/mol. The van der Waals surface area contributed by atoms with E-state index in [2.05, 4.69) is 32.8 Å². The van der Waals surface area contributed by atoms with Gasteiger partial charge in [0.05, 0.1) is 12.2 Å². The van der Waals surface area contributed by atoms with Gasteiger partial charge in [-0.15, -0.1) is 0 Å². The van der Waals surface area contributed by atoms with Crippen LogP contribution in [0.25, 0.3) is 0 Å². The maximum atomic E-state index is 4.37. The number of imidazole rings is 1. The molecule has 1 N–H and O–H groups in total. The molecule has 0 bridgehead atoms. The van der Waals surface area contributed by atoms with Crippen LogP contribution in [-0.2, 0) is 6.54 Å². The Labute approximate surface area is 102 Å². The fraction of sp³-hybridized carbons (Fsp3) is 0.385. The number of anilines is 1. The first-order valence-corrected chi connectivity index (χ1v) is 5.96. The van der Waals surface area contributed by atoms with E-state index in [4.69, 9.17) is 0 Å². The van der Waals surface area contributed by atoms with E-state index in [1.807, 2.05) is 31.6 Å². The molecule has 0 aliphatic heterocycles. The van der Waals surface area contributed by atoms with Gasteiger partial charge in [0.2, 0.25) is 0 Å². The monoisotopic (exact) mass is 230 g/mol. The Morgan fingerprint density at radius 3 is 2.88 bits per heavy atom. The van der Waals surface area contributed by atoms with Crippen molar-refractivity contribution in [3.05, 3.63) is 42.2 Å². The van der Waals surface area contributed by atoms with Gasteiger partial charge in [0, 0.05) is 30.8 Å². The Hall–Kier alpha value is -1.84. The second kappa shape index (κ2) is 5.48. The predicted molar refractivity (Wildman–Crippen MR) is 69.1 cm³/mol. The van der Waals surface area contributed by atoms with Crippen molar-refractivity contribution >= 4 is 5.69 Å². The highest BCUT2D eigenvalue weighted by atomic mass is 15.1. The van der Waals surface area contributed by atoms with E-state index >= 15 is 0 Å². The van der Waals surface area contributed by atoms with E-state index < -0.39 is 0 Å². The lowest BCUT2D eigenvalue weighted by molar-refractivity contribution is 0.742. The molecule has 0 spiro atoms. The lowest BCUT2D eigenvalue weighted by atomic mass is 10.3. The molecule has 4 nitrogen and oxygen atoms in total. The fourth-order valence-corrected chi connectivity index (χ4v) is 1.69. The van der Waals surface area contributed by atoms with Gasteiger partial charge in [0.25, 0.3) is 0 Å². The summed E-state index contributed by atoms with van der Waals surface area (Å²) in [6, 6.07) is 4.09. The van der Waals surface area contributed by atoms with Crippen LogP contribution >= 0.6 is 0 Å². The van der Waals surface area contributed by atoms with Crippen LogP contribution in [-0.4, -0.2) is 21.1 Å². The van der Waals surface area contributed by atoms with Crippen LogP contribution in [0.1, 0.15) is 24.9 Å². The van der Waals surface area contributed by atoms with Crippen LogP contribution in [0.5, 0.6) is 0 Å². The molecule has 0 aromatic carbocycles. The fourth-order valence-electron chi connectivity index (χ4n) is 1.69. The second-order valence-corrected chi connectivity index (χ2v) is 4.06. The second-order valence-electron chi connectivity index (χ2n) is 4.06. The molecule has 2 rings (SSSR count). The van der Waals surface area contributed by atoms with Crippen LogP contribution in [0.2, 0.25) is 0 Å². The minimum Gasteiger partial charge on any atom is -0.385 e. The first-order chi connectivity index (χ1) is 8.29. The van der Waals surface area contributed by atoms with Gasteiger partial charge in [0.1, 0.15) is 5.82 Å². The zero-order valence-corrected chi connectivity index (χ0v) is 10.3. The van der Waals surface area contributed by atoms with Crippen LogP contribution in [0.15, 0.2) is 30.7 Å². The molecule has 0 aliphatic carbocycles. The molecular weight excluding hydrogens is 212 g/mol. The summed E-state index contributed by atoms with van der Waals surface area (Å²) in [6.45, 7) is 5.92. The summed E-state index contributed by atoms with van der Waals surface area (Å²) in [5.74, 6) is 1.01. The summed E-state index contributed by atoms with van der Waals surface area (Å²) in [6.07, 6.45) is 6.76. The number of aromatic nitrogens is 3. The molecule has 2 heterocycles. The summed E-state index contributed by atoms with van der Waals surface area (Å²) >= 11 is 0. The Bertz CT molecular complexity index is 476.